The van der Waals surface area contributed by atoms with Gasteiger partial charge in [0.05, 0.1) is 6.42 Å². The molecule has 0 bridgehead atoms. The number of halogens is 2. The predicted molar refractivity (Wildman–Crippen MR) is 95.6 cm³/mol. The van der Waals surface area contributed by atoms with E-state index in [1.807, 2.05) is 24.3 Å². The highest BCUT2D eigenvalue weighted by atomic mass is 35.5. The third-order valence-electron chi connectivity index (χ3n) is 3.06. The summed E-state index contributed by atoms with van der Waals surface area (Å²) in [5.74, 6) is -0.558. The van der Waals surface area contributed by atoms with Crippen molar-refractivity contribution >= 4 is 46.9 Å². The molecule has 0 spiro atoms. The van der Waals surface area contributed by atoms with Crippen molar-refractivity contribution in [2.24, 2.45) is 0 Å². The summed E-state index contributed by atoms with van der Waals surface area (Å²) in [7, 11) is 0. The van der Waals surface area contributed by atoms with E-state index < -0.39 is 0 Å². The van der Waals surface area contributed by atoms with Crippen LogP contribution in [0.15, 0.2) is 60.7 Å². The number of rotatable bonds is 6. The van der Waals surface area contributed by atoms with Gasteiger partial charge in [0.15, 0.2) is 11.6 Å². The first kappa shape index (κ1) is 17.2. The van der Waals surface area contributed by atoms with Crippen molar-refractivity contribution in [2.75, 3.05) is 0 Å². The van der Waals surface area contributed by atoms with Crippen molar-refractivity contribution in [2.45, 2.75) is 6.42 Å². The van der Waals surface area contributed by atoms with Gasteiger partial charge in [0, 0.05) is 10.0 Å². The molecule has 0 saturated carbocycles. The van der Waals surface area contributed by atoms with E-state index in [0.29, 0.717) is 10.0 Å². The second-order valence-electron chi connectivity index (χ2n) is 4.82. The monoisotopic (exact) mass is 344 g/mol. The highest BCUT2D eigenvalue weighted by Gasteiger charge is 2.04. The van der Waals surface area contributed by atoms with Crippen LogP contribution in [-0.4, -0.2) is 11.6 Å². The molecule has 2 nitrogen and oxygen atoms in total. The molecule has 2 aromatic carbocycles. The zero-order valence-corrected chi connectivity index (χ0v) is 13.7. The van der Waals surface area contributed by atoms with Gasteiger partial charge in [0.25, 0.3) is 0 Å². The summed E-state index contributed by atoms with van der Waals surface area (Å²) in [6, 6.07) is 14.3. The van der Waals surface area contributed by atoms with Gasteiger partial charge in [-0.15, -0.1) is 0 Å². The molecule has 0 heterocycles. The van der Waals surface area contributed by atoms with Gasteiger partial charge in [-0.1, -0.05) is 59.6 Å². The quantitative estimate of drug-likeness (QED) is 0.529. The standard InChI is InChI=1S/C19H14Cl2O2/c20-18-7-3-1-5-14(18)9-11-16(22)13-17(23)12-10-15-6-2-4-8-19(15)21/h1-12H,13H2. The Labute approximate surface area is 145 Å². The minimum absolute atomic E-state index is 0.193. The van der Waals surface area contributed by atoms with Crippen molar-refractivity contribution in [1.82, 2.24) is 0 Å². The third-order valence-corrected chi connectivity index (χ3v) is 3.74. The lowest BCUT2D eigenvalue weighted by Gasteiger charge is -1.97. The second kappa shape index (κ2) is 8.47. The van der Waals surface area contributed by atoms with Crippen LogP contribution in [0.3, 0.4) is 0 Å². The molecule has 0 radical (unpaired) electrons. The van der Waals surface area contributed by atoms with Crippen molar-refractivity contribution in [3.63, 3.8) is 0 Å². The molecule has 116 valence electrons. The number of ketones is 2. The van der Waals surface area contributed by atoms with E-state index in [2.05, 4.69) is 0 Å². The minimum atomic E-state index is -0.279. The van der Waals surface area contributed by atoms with Crippen molar-refractivity contribution < 1.29 is 9.59 Å². The molecule has 0 saturated heterocycles. The fourth-order valence-corrected chi connectivity index (χ4v) is 2.27. The Bertz CT molecular complexity index is 711. The van der Waals surface area contributed by atoms with Crippen LogP contribution in [-0.2, 0) is 9.59 Å². The summed E-state index contributed by atoms with van der Waals surface area (Å²) in [5.41, 5.74) is 1.48. The summed E-state index contributed by atoms with van der Waals surface area (Å²) >= 11 is 12.0. The molecule has 0 aliphatic heterocycles. The molecule has 4 heteroatoms. The van der Waals surface area contributed by atoms with E-state index in [0.717, 1.165) is 11.1 Å². The summed E-state index contributed by atoms with van der Waals surface area (Å²) in [6.45, 7) is 0. The van der Waals surface area contributed by atoms with Gasteiger partial charge >= 0.3 is 0 Å². The molecule has 0 N–H and O–H groups in total. The van der Waals surface area contributed by atoms with E-state index in [-0.39, 0.29) is 18.0 Å². The minimum Gasteiger partial charge on any atom is -0.294 e. The van der Waals surface area contributed by atoms with E-state index in [4.69, 9.17) is 23.2 Å². The van der Waals surface area contributed by atoms with Gasteiger partial charge < -0.3 is 0 Å². The van der Waals surface area contributed by atoms with Crippen molar-refractivity contribution in [1.29, 1.82) is 0 Å². The molecule has 0 aliphatic carbocycles. The zero-order chi connectivity index (χ0) is 16.7. The number of hydrogen-bond donors (Lipinski definition) is 0. The maximum absolute atomic E-state index is 11.8. The third kappa shape index (κ3) is 5.51. The summed E-state index contributed by atoms with van der Waals surface area (Å²) < 4.78 is 0. The number of hydrogen-bond acceptors (Lipinski definition) is 2. The molecular weight excluding hydrogens is 331 g/mol. The van der Waals surface area contributed by atoms with E-state index >= 15 is 0 Å². The zero-order valence-electron chi connectivity index (χ0n) is 12.2. The van der Waals surface area contributed by atoms with Gasteiger partial charge in [-0.3, -0.25) is 9.59 Å². The lowest BCUT2D eigenvalue weighted by atomic mass is 10.1. The topological polar surface area (TPSA) is 34.1 Å². The highest BCUT2D eigenvalue weighted by Crippen LogP contribution is 2.17. The largest absolute Gasteiger partial charge is 0.294 e. The summed E-state index contributed by atoms with van der Waals surface area (Å²) in [5, 5.41) is 1.11. The first-order chi connectivity index (χ1) is 11.1. The Kier molecular flexibility index (Phi) is 6.33. The second-order valence-corrected chi connectivity index (χ2v) is 5.63. The Morgan fingerprint density at radius 2 is 1.13 bits per heavy atom. The normalized spacial score (nSPS) is 11.2. The van der Waals surface area contributed by atoms with Crippen LogP contribution in [0.25, 0.3) is 12.2 Å². The molecule has 2 aromatic rings. The van der Waals surface area contributed by atoms with Crippen LogP contribution < -0.4 is 0 Å². The van der Waals surface area contributed by atoms with Gasteiger partial charge in [-0.2, -0.15) is 0 Å². The van der Waals surface area contributed by atoms with Crippen LogP contribution >= 0.6 is 23.2 Å². The molecule has 23 heavy (non-hydrogen) atoms. The van der Waals surface area contributed by atoms with Gasteiger partial charge in [0.2, 0.25) is 0 Å². The number of allylic oxidation sites excluding steroid dienone is 2. The van der Waals surface area contributed by atoms with Gasteiger partial charge in [-0.05, 0) is 47.6 Å². The maximum Gasteiger partial charge on any atom is 0.163 e. The predicted octanol–water partition coefficient (Wildman–Crippen LogP) is 5.25. The average Bonchev–Trinajstić information content (AvgIpc) is 2.53. The molecule has 0 unspecified atom stereocenters. The summed E-state index contributed by atoms with van der Waals surface area (Å²) in [4.78, 5) is 23.6. The van der Waals surface area contributed by atoms with Crippen LogP contribution in [0.5, 0.6) is 0 Å². The van der Waals surface area contributed by atoms with Crippen LogP contribution in [0, 0.1) is 0 Å². The molecular formula is C19H14Cl2O2. The van der Waals surface area contributed by atoms with Crippen molar-refractivity contribution in [3.8, 4) is 0 Å². The lowest BCUT2D eigenvalue weighted by molar-refractivity contribution is -0.121. The Balaban J connectivity index is 1.94. The molecule has 0 fully saturated rings. The molecule has 0 aliphatic rings. The van der Waals surface area contributed by atoms with E-state index in [1.165, 1.54) is 12.2 Å². The summed E-state index contributed by atoms with van der Waals surface area (Å²) in [6.07, 6.45) is 5.75. The smallest absolute Gasteiger partial charge is 0.163 e. The number of carbonyl (C=O) groups is 2. The maximum atomic E-state index is 11.8. The Morgan fingerprint density at radius 3 is 1.52 bits per heavy atom. The van der Waals surface area contributed by atoms with Gasteiger partial charge in [0.1, 0.15) is 0 Å². The SMILES string of the molecule is O=C(C=Cc1ccccc1Cl)CC(=O)C=Cc1ccccc1Cl. The first-order valence-electron chi connectivity index (χ1n) is 6.97. The molecule has 0 atom stereocenters. The fourth-order valence-electron chi connectivity index (χ4n) is 1.88. The lowest BCUT2D eigenvalue weighted by Crippen LogP contribution is -2.01. The van der Waals surface area contributed by atoms with Crippen LogP contribution in [0.2, 0.25) is 10.0 Å². The first-order valence-corrected chi connectivity index (χ1v) is 7.73. The highest BCUT2D eigenvalue weighted by molar-refractivity contribution is 6.32. The Morgan fingerprint density at radius 1 is 0.739 bits per heavy atom. The molecule has 2 rings (SSSR count). The molecule has 0 aromatic heterocycles. The van der Waals surface area contributed by atoms with Crippen LogP contribution in [0.4, 0.5) is 0 Å². The van der Waals surface area contributed by atoms with Crippen molar-refractivity contribution in [3.05, 3.63) is 81.9 Å². The molecule has 0 amide bonds. The Hall–Kier alpha value is -2.16. The number of carbonyl (C=O) groups excluding carboxylic acids is 2. The van der Waals surface area contributed by atoms with E-state index in [1.54, 1.807) is 36.4 Å². The van der Waals surface area contributed by atoms with Crippen LogP contribution in [0.1, 0.15) is 17.5 Å². The number of benzene rings is 2. The average molecular weight is 345 g/mol. The van der Waals surface area contributed by atoms with Gasteiger partial charge in [-0.25, -0.2) is 0 Å². The fraction of sp³-hybridized carbons (Fsp3) is 0.0526. The van der Waals surface area contributed by atoms with E-state index in [9.17, 15) is 9.59 Å².